The van der Waals surface area contributed by atoms with Crippen molar-refractivity contribution in [2.75, 3.05) is 5.73 Å². The van der Waals surface area contributed by atoms with Crippen molar-refractivity contribution in [1.29, 1.82) is 0 Å². The zero-order chi connectivity index (χ0) is 11.3. The van der Waals surface area contributed by atoms with Crippen molar-refractivity contribution in [2.45, 2.75) is 20.3 Å². The van der Waals surface area contributed by atoms with Gasteiger partial charge in [-0.15, -0.1) is 0 Å². The summed E-state index contributed by atoms with van der Waals surface area (Å²) >= 11 is 0. The molecule has 1 rings (SSSR count). The standard InChI is InChI=1S/C14H19N/c1-11(2)12(3)5-4-6-13-7-9-14(15)10-8-13/h4,6-10,12H,1,5,15H2,2-3H3/b6-4+. The summed E-state index contributed by atoms with van der Waals surface area (Å²) in [5.41, 5.74) is 8.84. The molecule has 0 spiro atoms. The van der Waals surface area contributed by atoms with Crippen molar-refractivity contribution < 1.29 is 0 Å². The van der Waals surface area contributed by atoms with Gasteiger partial charge in [-0.05, 0) is 37.0 Å². The average molecular weight is 201 g/mol. The Morgan fingerprint density at radius 3 is 2.53 bits per heavy atom. The van der Waals surface area contributed by atoms with E-state index in [4.69, 9.17) is 5.73 Å². The summed E-state index contributed by atoms with van der Waals surface area (Å²) in [5, 5.41) is 0. The van der Waals surface area contributed by atoms with Crippen LogP contribution in [0, 0.1) is 5.92 Å². The highest BCUT2D eigenvalue weighted by Crippen LogP contribution is 2.14. The Balaban J connectivity index is 2.51. The number of benzene rings is 1. The van der Waals surface area contributed by atoms with Gasteiger partial charge in [0.2, 0.25) is 0 Å². The van der Waals surface area contributed by atoms with Crippen LogP contribution in [0.15, 0.2) is 42.5 Å². The van der Waals surface area contributed by atoms with Crippen molar-refractivity contribution in [3.8, 4) is 0 Å². The SMILES string of the molecule is C=C(C)C(C)C/C=C/c1ccc(N)cc1. The van der Waals surface area contributed by atoms with E-state index in [2.05, 4.69) is 32.6 Å². The molecule has 0 aromatic heterocycles. The highest BCUT2D eigenvalue weighted by molar-refractivity contribution is 5.53. The zero-order valence-electron chi connectivity index (χ0n) is 9.53. The minimum atomic E-state index is 0.551. The molecule has 0 bridgehead atoms. The smallest absolute Gasteiger partial charge is 0.0314 e. The molecule has 15 heavy (non-hydrogen) atoms. The van der Waals surface area contributed by atoms with Gasteiger partial charge in [0.1, 0.15) is 0 Å². The molecule has 1 nitrogen and oxygen atoms in total. The lowest BCUT2D eigenvalue weighted by atomic mass is 10.00. The predicted octanol–water partition coefficient (Wildman–Crippen LogP) is 3.88. The van der Waals surface area contributed by atoms with E-state index in [-0.39, 0.29) is 0 Å². The fraction of sp³-hybridized carbons (Fsp3) is 0.286. The number of hydrogen-bond acceptors (Lipinski definition) is 1. The minimum Gasteiger partial charge on any atom is -0.399 e. The van der Waals surface area contributed by atoms with E-state index in [0.717, 1.165) is 12.1 Å². The molecule has 0 radical (unpaired) electrons. The number of rotatable bonds is 4. The van der Waals surface area contributed by atoms with E-state index in [9.17, 15) is 0 Å². The van der Waals surface area contributed by atoms with Crippen LogP contribution in [0.1, 0.15) is 25.8 Å². The number of nitrogens with two attached hydrogens (primary N) is 1. The molecule has 0 saturated heterocycles. The van der Waals surface area contributed by atoms with Gasteiger partial charge in [0.05, 0.1) is 0 Å². The molecule has 0 aliphatic carbocycles. The third-order valence-electron chi connectivity index (χ3n) is 2.58. The number of allylic oxidation sites excluding steroid dienone is 2. The first kappa shape index (κ1) is 11.6. The quantitative estimate of drug-likeness (QED) is 0.580. The van der Waals surface area contributed by atoms with Crippen LogP contribution in [0.5, 0.6) is 0 Å². The summed E-state index contributed by atoms with van der Waals surface area (Å²) in [5.74, 6) is 0.551. The lowest BCUT2D eigenvalue weighted by molar-refractivity contribution is 0.699. The average Bonchev–Trinajstić information content (AvgIpc) is 2.20. The minimum absolute atomic E-state index is 0.551. The monoisotopic (exact) mass is 201 g/mol. The molecule has 1 atom stereocenters. The second-order valence-electron chi connectivity index (χ2n) is 4.05. The summed E-state index contributed by atoms with van der Waals surface area (Å²) in [4.78, 5) is 0. The molecule has 2 N–H and O–H groups in total. The lowest BCUT2D eigenvalue weighted by Gasteiger charge is -2.06. The van der Waals surface area contributed by atoms with E-state index in [0.29, 0.717) is 5.92 Å². The molecule has 0 aliphatic rings. The fourth-order valence-electron chi connectivity index (χ4n) is 1.22. The Labute approximate surface area is 92.3 Å². The van der Waals surface area contributed by atoms with Gasteiger partial charge in [0.15, 0.2) is 0 Å². The highest BCUT2D eigenvalue weighted by atomic mass is 14.5. The Morgan fingerprint density at radius 1 is 1.40 bits per heavy atom. The van der Waals surface area contributed by atoms with Gasteiger partial charge >= 0.3 is 0 Å². The highest BCUT2D eigenvalue weighted by Gasteiger charge is 1.98. The van der Waals surface area contributed by atoms with E-state index < -0.39 is 0 Å². The van der Waals surface area contributed by atoms with Crippen molar-refractivity contribution in [2.24, 2.45) is 5.92 Å². The third-order valence-corrected chi connectivity index (χ3v) is 2.58. The van der Waals surface area contributed by atoms with Crippen molar-refractivity contribution in [1.82, 2.24) is 0 Å². The van der Waals surface area contributed by atoms with Crippen LogP contribution < -0.4 is 5.73 Å². The Morgan fingerprint density at radius 2 is 2.00 bits per heavy atom. The Hall–Kier alpha value is -1.50. The van der Waals surface area contributed by atoms with Crippen LogP contribution in [0.25, 0.3) is 6.08 Å². The molecule has 0 amide bonds. The van der Waals surface area contributed by atoms with Gasteiger partial charge < -0.3 is 5.73 Å². The maximum absolute atomic E-state index is 5.61. The molecule has 0 heterocycles. The molecule has 1 unspecified atom stereocenters. The van der Waals surface area contributed by atoms with Crippen LogP contribution in [-0.2, 0) is 0 Å². The first-order valence-corrected chi connectivity index (χ1v) is 5.27. The van der Waals surface area contributed by atoms with Crippen LogP contribution in [0.2, 0.25) is 0 Å². The summed E-state index contributed by atoms with van der Waals surface area (Å²) in [6.45, 7) is 8.20. The van der Waals surface area contributed by atoms with Gasteiger partial charge in [0.25, 0.3) is 0 Å². The number of nitrogen functional groups attached to an aromatic ring is 1. The summed E-state index contributed by atoms with van der Waals surface area (Å²) in [6, 6.07) is 7.89. The zero-order valence-corrected chi connectivity index (χ0v) is 9.53. The Bertz CT molecular complexity index is 346. The molecule has 0 aliphatic heterocycles. The van der Waals surface area contributed by atoms with Crippen LogP contribution in [0.4, 0.5) is 5.69 Å². The second-order valence-corrected chi connectivity index (χ2v) is 4.05. The number of hydrogen-bond donors (Lipinski definition) is 1. The van der Waals surface area contributed by atoms with Crippen LogP contribution in [-0.4, -0.2) is 0 Å². The van der Waals surface area contributed by atoms with Gasteiger partial charge in [-0.3, -0.25) is 0 Å². The Kier molecular flexibility index (Phi) is 4.17. The summed E-state index contributed by atoms with van der Waals surface area (Å²) in [7, 11) is 0. The molecule has 1 heteroatoms. The van der Waals surface area contributed by atoms with Crippen molar-refractivity contribution >= 4 is 11.8 Å². The van der Waals surface area contributed by atoms with Gasteiger partial charge in [-0.25, -0.2) is 0 Å². The molecular formula is C14H19N. The van der Waals surface area contributed by atoms with E-state index in [1.165, 1.54) is 11.1 Å². The summed E-state index contributed by atoms with van der Waals surface area (Å²) in [6.07, 6.45) is 5.35. The first-order chi connectivity index (χ1) is 7.09. The first-order valence-electron chi connectivity index (χ1n) is 5.27. The van der Waals surface area contributed by atoms with Gasteiger partial charge in [0, 0.05) is 5.69 Å². The normalized spacial score (nSPS) is 12.9. The summed E-state index contributed by atoms with van der Waals surface area (Å²) < 4.78 is 0. The third kappa shape index (κ3) is 4.03. The van der Waals surface area contributed by atoms with Crippen molar-refractivity contribution in [3.63, 3.8) is 0 Å². The van der Waals surface area contributed by atoms with E-state index in [1.54, 1.807) is 0 Å². The van der Waals surface area contributed by atoms with E-state index >= 15 is 0 Å². The van der Waals surface area contributed by atoms with E-state index in [1.807, 2.05) is 24.3 Å². The lowest BCUT2D eigenvalue weighted by Crippen LogP contribution is -1.91. The second kappa shape index (κ2) is 5.40. The maximum Gasteiger partial charge on any atom is 0.0314 e. The molecule has 0 fully saturated rings. The molecule has 1 aromatic rings. The number of anilines is 1. The largest absolute Gasteiger partial charge is 0.399 e. The van der Waals surface area contributed by atoms with Crippen LogP contribution in [0.3, 0.4) is 0 Å². The molecule has 1 aromatic carbocycles. The molecular weight excluding hydrogens is 182 g/mol. The predicted molar refractivity (Wildman–Crippen MR) is 68.5 cm³/mol. The molecule has 0 saturated carbocycles. The topological polar surface area (TPSA) is 26.0 Å². The maximum atomic E-state index is 5.61. The van der Waals surface area contributed by atoms with Gasteiger partial charge in [-0.1, -0.05) is 43.4 Å². The molecule has 80 valence electrons. The van der Waals surface area contributed by atoms with Crippen LogP contribution >= 0.6 is 0 Å². The van der Waals surface area contributed by atoms with Gasteiger partial charge in [-0.2, -0.15) is 0 Å². The fourth-order valence-corrected chi connectivity index (χ4v) is 1.22. The van der Waals surface area contributed by atoms with Crippen molar-refractivity contribution in [3.05, 3.63) is 48.1 Å².